The van der Waals surface area contributed by atoms with Crippen molar-refractivity contribution in [1.29, 1.82) is 0 Å². The first-order valence-corrected chi connectivity index (χ1v) is 7.79. The normalized spacial score (nSPS) is 17.8. The number of ether oxygens (including phenoxy) is 2. The van der Waals surface area contributed by atoms with E-state index in [1.54, 1.807) is 31.2 Å². The smallest absolute Gasteiger partial charge is 0.219 e. The third-order valence-electron chi connectivity index (χ3n) is 3.76. The predicted octanol–water partition coefficient (Wildman–Crippen LogP) is 2.40. The van der Waals surface area contributed by atoms with Crippen LogP contribution in [0.3, 0.4) is 0 Å². The van der Waals surface area contributed by atoms with Crippen molar-refractivity contribution in [1.82, 2.24) is 15.1 Å². The summed E-state index contributed by atoms with van der Waals surface area (Å²) in [7, 11) is 1.59. The maximum absolute atomic E-state index is 11.4. The van der Waals surface area contributed by atoms with Crippen LogP contribution in [0.1, 0.15) is 13.3 Å². The Bertz CT molecular complexity index is 722. The van der Waals surface area contributed by atoms with E-state index in [0.717, 1.165) is 28.3 Å². The van der Waals surface area contributed by atoms with Gasteiger partial charge in [-0.25, -0.2) is 0 Å². The van der Waals surface area contributed by atoms with Gasteiger partial charge < -0.3 is 14.4 Å². The number of carbonyl (C=O) groups is 1. The summed E-state index contributed by atoms with van der Waals surface area (Å²) in [5.41, 5.74) is 0.732. The Morgan fingerprint density at radius 1 is 1.41 bits per heavy atom. The molecule has 2 aromatic rings. The molecular formula is C15H16BrN3O3. The lowest BCUT2D eigenvalue weighted by molar-refractivity contribution is -0.128. The van der Waals surface area contributed by atoms with Crippen molar-refractivity contribution in [2.24, 2.45) is 0 Å². The van der Waals surface area contributed by atoms with E-state index in [-0.39, 0.29) is 12.0 Å². The number of carbonyl (C=O) groups excluding carboxylic acids is 1. The Balaban J connectivity index is 1.89. The van der Waals surface area contributed by atoms with Crippen molar-refractivity contribution in [2.75, 3.05) is 20.2 Å². The van der Waals surface area contributed by atoms with Crippen LogP contribution in [0.15, 0.2) is 22.8 Å². The molecule has 0 spiro atoms. The molecule has 22 heavy (non-hydrogen) atoms. The minimum Gasteiger partial charge on any atom is -0.493 e. The molecule has 3 rings (SSSR count). The molecule has 1 saturated heterocycles. The monoisotopic (exact) mass is 365 g/mol. The lowest BCUT2D eigenvalue weighted by Crippen LogP contribution is -2.28. The summed E-state index contributed by atoms with van der Waals surface area (Å²) in [4.78, 5) is 13.2. The summed E-state index contributed by atoms with van der Waals surface area (Å²) in [6.45, 7) is 2.91. The third kappa shape index (κ3) is 2.85. The molecule has 1 atom stereocenters. The Morgan fingerprint density at radius 2 is 2.23 bits per heavy atom. The molecule has 7 heteroatoms. The van der Waals surface area contributed by atoms with Crippen LogP contribution in [0, 0.1) is 0 Å². The van der Waals surface area contributed by atoms with E-state index in [1.165, 1.54) is 0 Å². The summed E-state index contributed by atoms with van der Waals surface area (Å²) in [5.74, 6) is 1.34. The lowest BCUT2D eigenvalue weighted by Gasteiger charge is -2.17. The fourth-order valence-corrected chi connectivity index (χ4v) is 2.99. The number of amides is 1. The quantitative estimate of drug-likeness (QED) is 0.835. The van der Waals surface area contributed by atoms with E-state index in [0.29, 0.717) is 18.0 Å². The second-order valence-electron chi connectivity index (χ2n) is 5.21. The molecule has 1 amide bonds. The molecule has 0 aliphatic carbocycles. The first kappa shape index (κ1) is 15.0. The number of likely N-dealkylation sites (tertiary alicyclic amines) is 1. The van der Waals surface area contributed by atoms with Gasteiger partial charge in [-0.05, 0) is 22.0 Å². The molecule has 6 nitrogen and oxygen atoms in total. The molecule has 1 fully saturated rings. The average Bonchev–Trinajstić information content (AvgIpc) is 2.96. The summed E-state index contributed by atoms with van der Waals surface area (Å²) >= 11 is 3.47. The van der Waals surface area contributed by atoms with E-state index < -0.39 is 0 Å². The van der Waals surface area contributed by atoms with Gasteiger partial charge in [0.15, 0.2) is 11.5 Å². The fourth-order valence-electron chi connectivity index (χ4n) is 2.58. The van der Waals surface area contributed by atoms with Crippen LogP contribution in [0.4, 0.5) is 0 Å². The number of hydrogen-bond acceptors (Lipinski definition) is 5. The number of aromatic nitrogens is 2. The largest absolute Gasteiger partial charge is 0.493 e. The minimum atomic E-state index is -0.0242. The van der Waals surface area contributed by atoms with E-state index in [2.05, 4.69) is 26.1 Å². The van der Waals surface area contributed by atoms with Crippen molar-refractivity contribution in [3.63, 3.8) is 0 Å². The number of nitrogens with zero attached hydrogens (tertiary/aromatic N) is 3. The molecule has 0 N–H and O–H groups in total. The topological polar surface area (TPSA) is 64.6 Å². The van der Waals surface area contributed by atoms with Gasteiger partial charge in [-0.3, -0.25) is 4.79 Å². The maximum atomic E-state index is 11.4. The van der Waals surface area contributed by atoms with E-state index in [9.17, 15) is 4.79 Å². The summed E-state index contributed by atoms with van der Waals surface area (Å²) in [6.07, 6.45) is 2.44. The lowest BCUT2D eigenvalue weighted by atomic mass is 10.2. The predicted molar refractivity (Wildman–Crippen MR) is 85.1 cm³/mol. The fraction of sp³-hybridized carbons (Fsp3) is 0.400. The number of benzene rings is 1. The molecule has 0 unspecified atom stereocenters. The molecule has 0 radical (unpaired) electrons. The molecular weight excluding hydrogens is 350 g/mol. The van der Waals surface area contributed by atoms with E-state index in [1.807, 2.05) is 6.07 Å². The standard InChI is InChI=1S/C15H16BrN3O3/c1-9(20)19-4-3-10(8-19)22-15-5-11-12(16)7-17-18-13(11)6-14(15)21-2/h5-7,10H,3-4,8H2,1-2H3/t10-/m0/s1. The molecule has 1 aliphatic heterocycles. The zero-order chi connectivity index (χ0) is 15.7. The minimum absolute atomic E-state index is 0.0242. The van der Waals surface area contributed by atoms with Crippen LogP contribution in [0.25, 0.3) is 10.9 Å². The van der Waals surface area contributed by atoms with Crippen molar-refractivity contribution in [3.05, 3.63) is 22.8 Å². The highest BCUT2D eigenvalue weighted by atomic mass is 79.9. The second-order valence-corrected chi connectivity index (χ2v) is 6.06. The van der Waals surface area contributed by atoms with Gasteiger partial charge in [0.1, 0.15) is 6.10 Å². The van der Waals surface area contributed by atoms with Crippen LogP contribution in [-0.4, -0.2) is 47.3 Å². The zero-order valence-corrected chi connectivity index (χ0v) is 14.0. The SMILES string of the molecule is COc1cc2nncc(Br)c2cc1O[C@H]1CCN(C(C)=O)C1. The summed E-state index contributed by atoms with van der Waals surface area (Å²) in [5, 5.41) is 8.91. The van der Waals surface area contributed by atoms with Crippen LogP contribution in [0.5, 0.6) is 11.5 Å². The highest BCUT2D eigenvalue weighted by Gasteiger charge is 2.26. The zero-order valence-electron chi connectivity index (χ0n) is 12.4. The summed E-state index contributed by atoms with van der Waals surface area (Å²) < 4.78 is 12.3. The van der Waals surface area contributed by atoms with Gasteiger partial charge in [-0.1, -0.05) is 0 Å². The van der Waals surface area contributed by atoms with Crippen molar-refractivity contribution in [2.45, 2.75) is 19.4 Å². The first-order valence-electron chi connectivity index (χ1n) is 6.99. The Morgan fingerprint density at radius 3 is 2.91 bits per heavy atom. The molecule has 1 aromatic heterocycles. The van der Waals surface area contributed by atoms with Gasteiger partial charge in [-0.2, -0.15) is 10.2 Å². The van der Waals surface area contributed by atoms with Gasteiger partial charge in [0, 0.05) is 35.8 Å². The molecule has 1 aliphatic rings. The number of rotatable bonds is 3. The van der Waals surface area contributed by atoms with Gasteiger partial charge in [0.25, 0.3) is 0 Å². The number of hydrogen-bond donors (Lipinski definition) is 0. The average molecular weight is 366 g/mol. The molecule has 0 bridgehead atoms. The van der Waals surface area contributed by atoms with Crippen LogP contribution in [0.2, 0.25) is 0 Å². The Labute approximate surface area is 136 Å². The molecule has 0 saturated carbocycles. The van der Waals surface area contributed by atoms with Crippen LogP contribution in [-0.2, 0) is 4.79 Å². The Kier molecular flexibility index (Phi) is 4.15. The van der Waals surface area contributed by atoms with Gasteiger partial charge in [-0.15, -0.1) is 0 Å². The second kappa shape index (κ2) is 6.08. The van der Waals surface area contributed by atoms with Gasteiger partial charge in [0.2, 0.25) is 5.91 Å². The first-order chi connectivity index (χ1) is 10.6. The molecule has 116 valence electrons. The number of fused-ring (bicyclic) bond motifs is 1. The number of halogens is 1. The summed E-state index contributed by atoms with van der Waals surface area (Å²) in [6, 6.07) is 3.70. The van der Waals surface area contributed by atoms with E-state index >= 15 is 0 Å². The maximum Gasteiger partial charge on any atom is 0.219 e. The van der Waals surface area contributed by atoms with Crippen LogP contribution >= 0.6 is 15.9 Å². The molecule has 1 aromatic carbocycles. The number of methoxy groups -OCH3 is 1. The third-order valence-corrected chi connectivity index (χ3v) is 4.39. The van der Waals surface area contributed by atoms with Crippen molar-refractivity contribution < 1.29 is 14.3 Å². The Hall–Kier alpha value is -1.89. The highest BCUT2D eigenvalue weighted by Crippen LogP contribution is 2.35. The van der Waals surface area contributed by atoms with Crippen molar-refractivity contribution in [3.8, 4) is 11.5 Å². The van der Waals surface area contributed by atoms with Crippen molar-refractivity contribution >= 4 is 32.7 Å². The van der Waals surface area contributed by atoms with E-state index in [4.69, 9.17) is 9.47 Å². The molecule has 2 heterocycles. The van der Waals surface area contributed by atoms with Gasteiger partial charge >= 0.3 is 0 Å². The highest BCUT2D eigenvalue weighted by molar-refractivity contribution is 9.10. The van der Waals surface area contributed by atoms with Gasteiger partial charge in [0.05, 0.1) is 25.4 Å². The van der Waals surface area contributed by atoms with Crippen LogP contribution < -0.4 is 9.47 Å².